The minimum Gasteiger partial charge on any atom is -0.481 e. The summed E-state index contributed by atoms with van der Waals surface area (Å²) in [4.78, 5) is 24.1. The number of nitrogens with zero attached hydrogens (tertiary/aromatic N) is 1. The average molecular weight is 261 g/mol. The summed E-state index contributed by atoms with van der Waals surface area (Å²) < 4.78 is 0. The second kappa shape index (κ2) is 8.39. The first kappa shape index (κ1) is 16.3. The van der Waals surface area contributed by atoms with Gasteiger partial charge in [0.05, 0.1) is 0 Å². The summed E-state index contributed by atoms with van der Waals surface area (Å²) in [5.41, 5.74) is 0. The Hall–Kier alpha value is -0.710. The highest BCUT2D eigenvalue weighted by atomic mass is 32.2. The van der Waals surface area contributed by atoms with Crippen LogP contribution >= 0.6 is 11.8 Å². The number of carbonyl (C=O) groups excluding carboxylic acids is 1. The van der Waals surface area contributed by atoms with E-state index in [4.69, 9.17) is 5.11 Å². The molecule has 2 unspecified atom stereocenters. The van der Waals surface area contributed by atoms with Gasteiger partial charge in [-0.3, -0.25) is 9.59 Å². The van der Waals surface area contributed by atoms with Crippen molar-refractivity contribution >= 4 is 23.6 Å². The molecule has 0 spiro atoms. The van der Waals surface area contributed by atoms with E-state index in [0.29, 0.717) is 6.42 Å². The normalized spacial score (nSPS) is 14.1. The molecule has 0 aromatic rings. The Morgan fingerprint density at radius 3 is 2.35 bits per heavy atom. The van der Waals surface area contributed by atoms with Gasteiger partial charge in [-0.15, -0.1) is 0 Å². The largest absolute Gasteiger partial charge is 0.481 e. The summed E-state index contributed by atoms with van der Waals surface area (Å²) in [6.07, 6.45) is 3.38. The Balaban J connectivity index is 4.07. The molecule has 0 fully saturated rings. The summed E-state index contributed by atoms with van der Waals surface area (Å²) in [6.45, 7) is 3.82. The van der Waals surface area contributed by atoms with Gasteiger partial charge < -0.3 is 10.0 Å². The molecule has 0 bridgehead atoms. The molecule has 5 heteroatoms. The summed E-state index contributed by atoms with van der Waals surface area (Å²) in [6, 6.07) is 0.215. The fourth-order valence-corrected chi connectivity index (χ4v) is 2.12. The monoisotopic (exact) mass is 261 g/mol. The van der Waals surface area contributed by atoms with Crippen LogP contribution in [0.3, 0.4) is 0 Å². The highest BCUT2D eigenvalue weighted by molar-refractivity contribution is 7.98. The molecule has 100 valence electrons. The Morgan fingerprint density at radius 2 is 1.88 bits per heavy atom. The number of carboxylic acid groups (broad SMARTS) is 1. The molecule has 4 nitrogen and oxygen atoms in total. The maximum Gasteiger partial charge on any atom is 0.303 e. The molecule has 0 saturated heterocycles. The molecule has 0 radical (unpaired) electrons. The van der Waals surface area contributed by atoms with Crippen LogP contribution < -0.4 is 0 Å². The third kappa shape index (κ3) is 7.26. The van der Waals surface area contributed by atoms with Gasteiger partial charge in [0, 0.05) is 25.9 Å². The van der Waals surface area contributed by atoms with Gasteiger partial charge in [-0.05, 0) is 31.3 Å². The van der Waals surface area contributed by atoms with Gasteiger partial charge in [0.15, 0.2) is 0 Å². The Kier molecular flexibility index (Phi) is 8.04. The van der Waals surface area contributed by atoms with Crippen LogP contribution in [0.15, 0.2) is 0 Å². The van der Waals surface area contributed by atoms with Gasteiger partial charge in [0.2, 0.25) is 5.91 Å². The highest BCUT2D eigenvalue weighted by Crippen LogP contribution is 2.13. The molecule has 0 heterocycles. The predicted octanol–water partition coefficient (Wildman–Crippen LogP) is 2.09. The lowest BCUT2D eigenvalue weighted by atomic mass is 10.0. The quantitative estimate of drug-likeness (QED) is 0.727. The molecule has 0 aromatic carbocycles. The smallest absolute Gasteiger partial charge is 0.303 e. The summed E-state index contributed by atoms with van der Waals surface area (Å²) >= 11 is 1.77. The van der Waals surface area contributed by atoms with Gasteiger partial charge >= 0.3 is 5.97 Å². The van der Waals surface area contributed by atoms with Gasteiger partial charge in [-0.25, -0.2) is 0 Å². The molecule has 0 aromatic heterocycles. The van der Waals surface area contributed by atoms with Crippen LogP contribution in [0.25, 0.3) is 0 Å². The van der Waals surface area contributed by atoms with Crippen LogP contribution in [0.1, 0.15) is 33.1 Å². The molecule has 1 N–H and O–H groups in total. The van der Waals surface area contributed by atoms with Crippen LogP contribution in [0.5, 0.6) is 0 Å². The van der Waals surface area contributed by atoms with E-state index in [1.54, 1.807) is 30.6 Å². The van der Waals surface area contributed by atoms with Crippen molar-refractivity contribution in [2.45, 2.75) is 39.2 Å². The van der Waals surface area contributed by atoms with E-state index in [1.165, 1.54) is 0 Å². The number of carbonyl (C=O) groups is 2. The van der Waals surface area contributed by atoms with E-state index in [-0.39, 0.29) is 24.3 Å². The minimum atomic E-state index is -0.844. The lowest BCUT2D eigenvalue weighted by Crippen LogP contribution is -2.36. The molecule has 0 aliphatic carbocycles. The molecule has 0 aliphatic heterocycles. The molecule has 1 amide bonds. The average Bonchev–Trinajstić information content (AvgIpc) is 2.23. The number of carboxylic acids is 1. The van der Waals surface area contributed by atoms with Gasteiger partial charge in [-0.2, -0.15) is 11.8 Å². The maximum atomic E-state index is 11.9. The molecule has 17 heavy (non-hydrogen) atoms. The zero-order chi connectivity index (χ0) is 13.4. The first-order valence-electron chi connectivity index (χ1n) is 5.84. The van der Waals surface area contributed by atoms with E-state index in [9.17, 15) is 9.59 Å². The molecular formula is C12H23NO3S. The van der Waals surface area contributed by atoms with Crippen molar-refractivity contribution in [3.63, 3.8) is 0 Å². The zero-order valence-corrected chi connectivity index (χ0v) is 11.9. The lowest BCUT2D eigenvalue weighted by Gasteiger charge is -2.25. The number of hydrogen-bond donors (Lipinski definition) is 1. The fraction of sp³-hybridized carbons (Fsp3) is 0.833. The Morgan fingerprint density at radius 1 is 1.29 bits per heavy atom. The summed E-state index contributed by atoms with van der Waals surface area (Å²) in [5.74, 6) is 0.120. The first-order valence-corrected chi connectivity index (χ1v) is 7.24. The number of aliphatic carboxylic acids is 1. The van der Waals surface area contributed by atoms with E-state index >= 15 is 0 Å². The highest BCUT2D eigenvalue weighted by Gasteiger charge is 2.19. The predicted molar refractivity (Wildman–Crippen MR) is 71.3 cm³/mol. The van der Waals surface area contributed by atoms with Crippen molar-refractivity contribution in [1.29, 1.82) is 0 Å². The van der Waals surface area contributed by atoms with Crippen molar-refractivity contribution in [3.05, 3.63) is 0 Å². The molecule has 2 atom stereocenters. The SMILES string of the molecule is CSCCC(C)N(C)C(=O)CC(C)CC(=O)O. The molecule has 0 saturated carbocycles. The van der Waals surface area contributed by atoms with Crippen LogP contribution in [0.2, 0.25) is 0 Å². The van der Waals surface area contributed by atoms with Gasteiger partial charge in [-0.1, -0.05) is 6.92 Å². The zero-order valence-electron chi connectivity index (χ0n) is 11.1. The van der Waals surface area contributed by atoms with Crippen molar-refractivity contribution in [2.75, 3.05) is 19.1 Å². The van der Waals surface area contributed by atoms with Crippen LogP contribution in [0.4, 0.5) is 0 Å². The fourth-order valence-electron chi connectivity index (χ4n) is 1.54. The number of amides is 1. The van der Waals surface area contributed by atoms with Crippen LogP contribution in [-0.2, 0) is 9.59 Å². The van der Waals surface area contributed by atoms with Gasteiger partial charge in [0.25, 0.3) is 0 Å². The van der Waals surface area contributed by atoms with Crippen molar-refractivity contribution in [3.8, 4) is 0 Å². The van der Waals surface area contributed by atoms with Crippen LogP contribution in [-0.4, -0.2) is 47.0 Å². The van der Waals surface area contributed by atoms with E-state index in [0.717, 1.165) is 12.2 Å². The second-order valence-corrected chi connectivity index (χ2v) is 5.53. The van der Waals surface area contributed by atoms with Gasteiger partial charge in [0.1, 0.15) is 0 Å². The van der Waals surface area contributed by atoms with Crippen molar-refractivity contribution in [1.82, 2.24) is 4.90 Å². The topological polar surface area (TPSA) is 57.6 Å². The second-order valence-electron chi connectivity index (χ2n) is 4.54. The minimum absolute atomic E-state index is 0.0346. The molecule has 0 aliphatic rings. The number of rotatable bonds is 8. The third-order valence-electron chi connectivity index (χ3n) is 2.84. The Labute approximate surface area is 108 Å². The van der Waals surface area contributed by atoms with E-state index in [1.807, 2.05) is 13.2 Å². The number of hydrogen-bond acceptors (Lipinski definition) is 3. The van der Waals surface area contributed by atoms with Crippen molar-refractivity contribution in [2.24, 2.45) is 5.92 Å². The summed E-state index contributed by atoms with van der Waals surface area (Å²) in [5, 5.41) is 8.63. The van der Waals surface area contributed by atoms with E-state index in [2.05, 4.69) is 0 Å². The van der Waals surface area contributed by atoms with Crippen LogP contribution in [0, 0.1) is 5.92 Å². The van der Waals surface area contributed by atoms with Crippen molar-refractivity contribution < 1.29 is 14.7 Å². The standard InChI is InChI=1S/C12H23NO3S/c1-9(8-12(15)16)7-11(14)13(3)10(2)5-6-17-4/h9-10H,5-8H2,1-4H3,(H,15,16). The molecule has 0 rings (SSSR count). The summed E-state index contributed by atoms with van der Waals surface area (Å²) in [7, 11) is 1.79. The number of thioether (sulfide) groups is 1. The lowest BCUT2D eigenvalue weighted by molar-refractivity contribution is -0.138. The first-order chi connectivity index (χ1) is 7.88. The van der Waals surface area contributed by atoms with E-state index < -0.39 is 5.97 Å². The Bertz CT molecular complexity index is 258. The third-order valence-corrected chi connectivity index (χ3v) is 3.48. The maximum absolute atomic E-state index is 11.9. The molecular weight excluding hydrogens is 238 g/mol.